The van der Waals surface area contributed by atoms with Gasteiger partial charge >= 0.3 is 0 Å². The van der Waals surface area contributed by atoms with Crippen molar-refractivity contribution < 1.29 is 0 Å². The van der Waals surface area contributed by atoms with Crippen LogP contribution in [0.15, 0.2) is 29.4 Å². The first-order valence-electron chi connectivity index (χ1n) is 6.87. The molecule has 0 radical (unpaired) electrons. The van der Waals surface area contributed by atoms with E-state index in [9.17, 15) is 0 Å². The number of rotatable bonds is 3. The van der Waals surface area contributed by atoms with E-state index in [-0.39, 0.29) is 6.04 Å². The average Bonchev–Trinajstić information content (AvgIpc) is 2.92. The van der Waals surface area contributed by atoms with Gasteiger partial charge in [0.1, 0.15) is 0 Å². The molecule has 0 amide bonds. The van der Waals surface area contributed by atoms with E-state index in [1.165, 1.54) is 18.5 Å². The normalized spacial score (nSPS) is 15.2. The van der Waals surface area contributed by atoms with Crippen molar-refractivity contribution in [2.75, 3.05) is 0 Å². The highest BCUT2D eigenvalue weighted by Gasteiger charge is 2.17. The molecule has 1 aliphatic carbocycles. The molecule has 6 nitrogen and oxygen atoms in total. The Kier molecular flexibility index (Phi) is 3.39. The van der Waals surface area contributed by atoms with Gasteiger partial charge in [0.15, 0.2) is 0 Å². The summed E-state index contributed by atoms with van der Waals surface area (Å²) in [5, 5.41) is 12.2. The third-order valence-electron chi connectivity index (χ3n) is 3.77. The van der Waals surface area contributed by atoms with Crippen LogP contribution in [0.4, 0.5) is 0 Å². The van der Waals surface area contributed by atoms with E-state index < -0.39 is 0 Å². The van der Waals surface area contributed by atoms with Crippen LogP contribution < -0.4 is 0 Å². The van der Waals surface area contributed by atoms with Crippen molar-refractivity contribution in [3.63, 3.8) is 0 Å². The van der Waals surface area contributed by atoms with Crippen LogP contribution in [0.2, 0.25) is 0 Å². The van der Waals surface area contributed by atoms with Crippen molar-refractivity contribution >= 4 is 0 Å². The van der Waals surface area contributed by atoms with Crippen LogP contribution in [-0.4, -0.2) is 15.0 Å². The van der Waals surface area contributed by atoms with Crippen LogP contribution in [0.1, 0.15) is 42.8 Å². The van der Waals surface area contributed by atoms with Crippen LogP contribution >= 0.6 is 0 Å². The molecule has 2 aromatic rings. The Morgan fingerprint density at radius 2 is 2.00 bits per heavy atom. The van der Waals surface area contributed by atoms with Gasteiger partial charge in [-0.25, -0.2) is 4.68 Å². The smallest absolute Gasteiger partial charge is 0.0863 e. The van der Waals surface area contributed by atoms with Gasteiger partial charge in [-0.15, -0.1) is 5.10 Å². The largest absolute Gasteiger partial charge is 0.217 e. The maximum absolute atomic E-state index is 8.47. The second-order valence-corrected chi connectivity index (χ2v) is 5.07. The summed E-state index contributed by atoms with van der Waals surface area (Å²) in [6.07, 6.45) is 4.47. The van der Waals surface area contributed by atoms with E-state index in [4.69, 9.17) is 5.53 Å². The molecule has 0 saturated carbocycles. The fourth-order valence-electron chi connectivity index (χ4n) is 2.61. The standard InChI is InChI=1S/C14H16N6/c1-10(16-18-15)11-6-8-12(9-7-11)20-14-5-3-2-4-13(14)17-19-20/h6-10H,2-5H2,1H3. The molecule has 0 saturated heterocycles. The van der Waals surface area contributed by atoms with Crippen LogP contribution in [0, 0.1) is 0 Å². The van der Waals surface area contributed by atoms with Gasteiger partial charge in [-0.2, -0.15) is 0 Å². The van der Waals surface area contributed by atoms with Gasteiger partial charge in [0, 0.05) is 4.91 Å². The molecule has 1 atom stereocenters. The molecule has 0 N–H and O–H groups in total. The van der Waals surface area contributed by atoms with E-state index in [1.807, 2.05) is 35.9 Å². The van der Waals surface area contributed by atoms with E-state index in [0.717, 1.165) is 29.8 Å². The zero-order chi connectivity index (χ0) is 13.9. The predicted octanol–water partition coefficient (Wildman–Crippen LogP) is 3.52. The summed E-state index contributed by atoms with van der Waals surface area (Å²) in [7, 11) is 0. The molecular formula is C14H16N6. The van der Waals surface area contributed by atoms with E-state index in [0.29, 0.717) is 0 Å². The zero-order valence-electron chi connectivity index (χ0n) is 11.4. The number of benzene rings is 1. The van der Waals surface area contributed by atoms with Gasteiger partial charge < -0.3 is 0 Å². The Bertz CT molecular complexity index is 651. The molecule has 6 heteroatoms. The van der Waals surface area contributed by atoms with E-state index in [2.05, 4.69) is 20.3 Å². The van der Waals surface area contributed by atoms with E-state index in [1.54, 1.807) is 0 Å². The number of hydrogen-bond acceptors (Lipinski definition) is 3. The molecule has 0 spiro atoms. The van der Waals surface area contributed by atoms with Crippen molar-refractivity contribution in [3.05, 3.63) is 51.7 Å². The lowest BCUT2D eigenvalue weighted by Crippen LogP contribution is -2.07. The van der Waals surface area contributed by atoms with E-state index >= 15 is 0 Å². The summed E-state index contributed by atoms with van der Waals surface area (Å²) < 4.78 is 1.93. The molecule has 20 heavy (non-hydrogen) atoms. The minimum Gasteiger partial charge on any atom is -0.217 e. The molecule has 1 unspecified atom stereocenters. The van der Waals surface area contributed by atoms with Crippen LogP contribution in [0.25, 0.3) is 16.1 Å². The molecule has 1 heterocycles. The van der Waals surface area contributed by atoms with Crippen molar-refractivity contribution in [3.8, 4) is 5.69 Å². The Morgan fingerprint density at radius 3 is 2.75 bits per heavy atom. The topological polar surface area (TPSA) is 79.5 Å². The number of aryl methyl sites for hydroxylation is 1. The average molecular weight is 268 g/mol. The van der Waals surface area contributed by atoms with Gasteiger partial charge in [0.2, 0.25) is 0 Å². The highest BCUT2D eigenvalue weighted by molar-refractivity contribution is 5.37. The van der Waals surface area contributed by atoms with Crippen molar-refractivity contribution in [2.24, 2.45) is 5.11 Å². The fourth-order valence-corrected chi connectivity index (χ4v) is 2.61. The second kappa shape index (κ2) is 5.35. The number of aromatic nitrogens is 3. The molecule has 0 aliphatic heterocycles. The van der Waals surface area contributed by atoms with Gasteiger partial charge in [-0.3, -0.25) is 0 Å². The number of nitrogens with zero attached hydrogens (tertiary/aromatic N) is 6. The maximum atomic E-state index is 8.47. The minimum absolute atomic E-state index is 0.154. The molecule has 1 aromatic heterocycles. The highest BCUT2D eigenvalue weighted by Crippen LogP contribution is 2.23. The Hall–Kier alpha value is -2.33. The third kappa shape index (κ3) is 2.26. The molecule has 0 bridgehead atoms. The molecule has 3 rings (SSSR count). The maximum Gasteiger partial charge on any atom is 0.0863 e. The Morgan fingerprint density at radius 1 is 1.25 bits per heavy atom. The predicted molar refractivity (Wildman–Crippen MR) is 75.6 cm³/mol. The van der Waals surface area contributed by atoms with Crippen molar-refractivity contribution in [2.45, 2.75) is 38.6 Å². The molecule has 1 aromatic carbocycles. The summed E-state index contributed by atoms with van der Waals surface area (Å²) in [6, 6.07) is 7.81. The first kappa shape index (κ1) is 12.7. The zero-order valence-corrected chi connectivity index (χ0v) is 11.4. The second-order valence-electron chi connectivity index (χ2n) is 5.07. The summed E-state index contributed by atoms with van der Waals surface area (Å²) in [5.74, 6) is 0. The van der Waals surface area contributed by atoms with Crippen LogP contribution in [-0.2, 0) is 12.8 Å². The quantitative estimate of drug-likeness (QED) is 0.485. The Balaban J connectivity index is 1.91. The fraction of sp³-hybridized carbons (Fsp3) is 0.429. The summed E-state index contributed by atoms with van der Waals surface area (Å²) in [4.78, 5) is 2.84. The summed E-state index contributed by atoms with van der Waals surface area (Å²) in [5.41, 5.74) is 12.8. The SMILES string of the molecule is CC(N=[N+]=[N-])c1ccc(-n2nnc3c2CCCC3)cc1. The lowest BCUT2D eigenvalue weighted by molar-refractivity contribution is 0.652. The molecular weight excluding hydrogens is 252 g/mol. The van der Waals surface area contributed by atoms with Gasteiger partial charge in [0.05, 0.1) is 23.1 Å². The third-order valence-corrected chi connectivity index (χ3v) is 3.77. The number of hydrogen-bond donors (Lipinski definition) is 0. The van der Waals surface area contributed by atoms with Crippen LogP contribution in [0.3, 0.4) is 0 Å². The van der Waals surface area contributed by atoms with Gasteiger partial charge in [-0.05, 0) is 48.9 Å². The van der Waals surface area contributed by atoms with Gasteiger partial charge in [0.25, 0.3) is 0 Å². The highest BCUT2D eigenvalue weighted by atomic mass is 15.4. The number of fused-ring (bicyclic) bond motifs is 1. The van der Waals surface area contributed by atoms with Crippen molar-refractivity contribution in [1.29, 1.82) is 0 Å². The first-order valence-corrected chi connectivity index (χ1v) is 6.87. The Labute approximate surface area is 117 Å². The first-order chi connectivity index (χ1) is 9.79. The number of azide groups is 1. The lowest BCUT2D eigenvalue weighted by atomic mass is 10.0. The lowest BCUT2D eigenvalue weighted by Gasteiger charge is -2.12. The summed E-state index contributed by atoms with van der Waals surface area (Å²) in [6.45, 7) is 1.88. The monoisotopic (exact) mass is 268 g/mol. The van der Waals surface area contributed by atoms with Crippen molar-refractivity contribution in [1.82, 2.24) is 15.0 Å². The molecule has 1 aliphatic rings. The molecule has 0 fully saturated rings. The molecule has 102 valence electrons. The summed E-state index contributed by atoms with van der Waals surface area (Å²) >= 11 is 0. The van der Waals surface area contributed by atoms with Gasteiger partial charge in [-0.1, -0.05) is 29.4 Å². The van der Waals surface area contributed by atoms with Crippen LogP contribution in [0.5, 0.6) is 0 Å². The minimum atomic E-state index is -0.154.